The molecule has 4 rings (SSSR count). The van der Waals surface area contributed by atoms with Gasteiger partial charge in [0.2, 0.25) is 0 Å². The minimum atomic E-state index is -0.403. The first-order chi connectivity index (χ1) is 15.7. The van der Waals surface area contributed by atoms with Crippen LogP contribution in [0.15, 0.2) is 72.8 Å². The van der Waals surface area contributed by atoms with Crippen LogP contribution in [-0.4, -0.2) is 33.5 Å². The molecule has 3 aromatic rings. The highest BCUT2D eigenvalue weighted by molar-refractivity contribution is 5.79. The quantitative estimate of drug-likeness (QED) is 0.471. The van der Waals surface area contributed by atoms with Crippen molar-refractivity contribution in [3.05, 3.63) is 89.5 Å². The van der Waals surface area contributed by atoms with Gasteiger partial charge in [-0.3, -0.25) is 0 Å². The van der Waals surface area contributed by atoms with Gasteiger partial charge < -0.3 is 19.5 Å². The van der Waals surface area contributed by atoms with Gasteiger partial charge >= 0.3 is 6.09 Å². The van der Waals surface area contributed by atoms with E-state index >= 15 is 0 Å². The molecule has 0 aromatic heterocycles. The topological polar surface area (TPSA) is 56.8 Å². The Morgan fingerprint density at radius 3 is 2.28 bits per heavy atom. The van der Waals surface area contributed by atoms with Crippen molar-refractivity contribution in [1.82, 2.24) is 5.32 Å². The molecule has 0 saturated carbocycles. The van der Waals surface area contributed by atoms with E-state index in [1.54, 1.807) is 14.2 Å². The Labute approximate surface area is 188 Å². The van der Waals surface area contributed by atoms with Gasteiger partial charge in [0, 0.05) is 18.0 Å². The number of carbonyl (C=O) groups is 1. The maximum Gasteiger partial charge on any atom is 0.407 e. The first kappa shape index (κ1) is 21.5. The van der Waals surface area contributed by atoms with Crippen LogP contribution in [0.3, 0.4) is 0 Å². The number of benzene rings is 3. The minimum Gasteiger partial charge on any atom is -0.497 e. The Morgan fingerprint density at radius 1 is 0.938 bits per heavy atom. The number of hydrogen-bond donors (Lipinski definition) is 1. The molecule has 0 heterocycles. The number of carbonyl (C=O) groups excluding carboxylic acids is 1. The molecule has 164 valence electrons. The summed E-state index contributed by atoms with van der Waals surface area (Å²) in [5, 5.41) is 2.82. The van der Waals surface area contributed by atoms with Crippen LogP contribution in [0, 0.1) is 0 Å². The van der Waals surface area contributed by atoms with Crippen LogP contribution < -0.4 is 14.8 Å². The molecule has 0 atom stereocenters. The lowest BCUT2D eigenvalue weighted by Gasteiger charge is -2.14. The van der Waals surface area contributed by atoms with Gasteiger partial charge in [0.1, 0.15) is 18.1 Å². The van der Waals surface area contributed by atoms with E-state index in [0.717, 1.165) is 17.1 Å². The second-order valence-electron chi connectivity index (χ2n) is 7.55. The summed E-state index contributed by atoms with van der Waals surface area (Å²) in [5.41, 5.74) is 5.77. The first-order valence-electron chi connectivity index (χ1n) is 10.7. The Morgan fingerprint density at radius 2 is 1.62 bits per heavy atom. The van der Waals surface area contributed by atoms with E-state index in [4.69, 9.17) is 14.2 Å². The smallest absolute Gasteiger partial charge is 0.407 e. The van der Waals surface area contributed by atoms with Crippen molar-refractivity contribution in [2.45, 2.75) is 12.3 Å². The number of methoxy groups -OCH3 is 2. The molecule has 0 fully saturated rings. The summed E-state index contributed by atoms with van der Waals surface area (Å²) in [5.74, 6) is 1.60. The van der Waals surface area contributed by atoms with Crippen molar-refractivity contribution in [2.24, 2.45) is 0 Å². The van der Waals surface area contributed by atoms with E-state index in [0.29, 0.717) is 19.6 Å². The molecular formula is C27H27NO4. The SMILES string of the molecule is COc1ccc(OC)c(C=CCCNC(=O)OCC2c3ccccc3-c3ccccc32)c1. The van der Waals surface area contributed by atoms with Gasteiger partial charge in [-0.05, 0) is 46.9 Å². The highest BCUT2D eigenvalue weighted by Crippen LogP contribution is 2.44. The minimum absolute atomic E-state index is 0.0635. The molecule has 3 aromatic carbocycles. The van der Waals surface area contributed by atoms with Crippen molar-refractivity contribution in [3.63, 3.8) is 0 Å². The number of alkyl carbamates (subject to hydrolysis) is 1. The maximum atomic E-state index is 12.2. The maximum absolute atomic E-state index is 12.2. The first-order valence-corrected chi connectivity index (χ1v) is 10.7. The van der Waals surface area contributed by atoms with Gasteiger partial charge in [0.05, 0.1) is 14.2 Å². The van der Waals surface area contributed by atoms with Crippen LogP contribution in [0.4, 0.5) is 4.79 Å². The zero-order valence-corrected chi connectivity index (χ0v) is 18.3. The third-order valence-electron chi connectivity index (χ3n) is 5.66. The van der Waals surface area contributed by atoms with Crippen LogP contribution >= 0.6 is 0 Å². The number of rotatable bonds is 8. The Kier molecular flexibility index (Phi) is 6.75. The van der Waals surface area contributed by atoms with Crippen molar-refractivity contribution in [1.29, 1.82) is 0 Å². The number of hydrogen-bond acceptors (Lipinski definition) is 4. The summed E-state index contributed by atoms with van der Waals surface area (Å²) in [4.78, 5) is 12.2. The van der Waals surface area contributed by atoms with Crippen molar-refractivity contribution >= 4 is 12.2 Å². The lowest BCUT2D eigenvalue weighted by Crippen LogP contribution is -2.26. The highest BCUT2D eigenvalue weighted by Gasteiger charge is 2.28. The predicted octanol–water partition coefficient (Wildman–Crippen LogP) is 5.65. The van der Waals surface area contributed by atoms with Crippen molar-refractivity contribution in [2.75, 3.05) is 27.4 Å². The van der Waals surface area contributed by atoms with E-state index in [9.17, 15) is 4.79 Å². The molecule has 1 N–H and O–H groups in total. The molecule has 5 nitrogen and oxygen atoms in total. The molecule has 0 spiro atoms. The van der Waals surface area contributed by atoms with Gasteiger partial charge in [0.15, 0.2) is 0 Å². The van der Waals surface area contributed by atoms with Crippen LogP contribution in [0.1, 0.15) is 29.0 Å². The Hall–Kier alpha value is -3.73. The van der Waals surface area contributed by atoms with E-state index in [-0.39, 0.29) is 5.92 Å². The number of nitrogens with one attached hydrogen (secondary N) is 1. The summed E-state index contributed by atoms with van der Waals surface area (Å²) in [6, 6.07) is 22.2. The van der Waals surface area contributed by atoms with E-state index in [2.05, 4.69) is 29.6 Å². The molecule has 32 heavy (non-hydrogen) atoms. The molecule has 1 aliphatic rings. The average Bonchev–Trinajstić information content (AvgIpc) is 3.16. The van der Waals surface area contributed by atoms with Crippen LogP contribution in [0.5, 0.6) is 11.5 Å². The lowest BCUT2D eigenvalue weighted by molar-refractivity contribution is 0.143. The normalized spacial score (nSPS) is 12.3. The number of ether oxygens (including phenoxy) is 3. The molecule has 0 saturated heterocycles. The zero-order chi connectivity index (χ0) is 22.3. The summed E-state index contributed by atoms with van der Waals surface area (Å²) < 4.78 is 16.2. The van der Waals surface area contributed by atoms with Crippen LogP contribution in [-0.2, 0) is 4.74 Å². The van der Waals surface area contributed by atoms with Gasteiger partial charge in [-0.15, -0.1) is 0 Å². The zero-order valence-electron chi connectivity index (χ0n) is 18.3. The fourth-order valence-corrected chi connectivity index (χ4v) is 4.09. The predicted molar refractivity (Wildman–Crippen MR) is 126 cm³/mol. The monoisotopic (exact) mass is 429 g/mol. The summed E-state index contributed by atoms with van der Waals surface area (Å²) >= 11 is 0. The van der Waals surface area contributed by atoms with E-state index in [1.807, 2.05) is 54.6 Å². The number of fused-ring (bicyclic) bond motifs is 3. The molecule has 1 amide bonds. The molecule has 5 heteroatoms. The number of amides is 1. The van der Waals surface area contributed by atoms with Crippen LogP contribution in [0.25, 0.3) is 17.2 Å². The molecule has 0 aliphatic heterocycles. The fraction of sp³-hybridized carbons (Fsp3) is 0.222. The largest absolute Gasteiger partial charge is 0.497 e. The third kappa shape index (κ3) is 4.62. The molecular weight excluding hydrogens is 402 g/mol. The van der Waals surface area contributed by atoms with Gasteiger partial charge in [-0.2, -0.15) is 0 Å². The Balaban J connectivity index is 1.28. The summed E-state index contributed by atoms with van der Waals surface area (Å²) in [7, 11) is 3.27. The van der Waals surface area contributed by atoms with Gasteiger partial charge in [0.25, 0.3) is 0 Å². The second kappa shape index (κ2) is 10.1. The fourth-order valence-electron chi connectivity index (χ4n) is 4.09. The highest BCUT2D eigenvalue weighted by atomic mass is 16.5. The molecule has 0 bridgehead atoms. The van der Waals surface area contributed by atoms with Crippen molar-refractivity contribution in [3.8, 4) is 22.6 Å². The van der Waals surface area contributed by atoms with Gasteiger partial charge in [-0.25, -0.2) is 4.79 Å². The standard InChI is InChI=1S/C27H27NO4/c1-30-20-14-15-26(31-2)19(17-20)9-7-8-16-28-27(29)32-18-25-23-12-5-3-10-21(23)22-11-4-6-13-24(22)25/h3-7,9-15,17,25H,8,16,18H2,1-2H3,(H,28,29). The lowest BCUT2D eigenvalue weighted by atomic mass is 9.98. The van der Waals surface area contributed by atoms with Gasteiger partial charge in [-0.1, -0.05) is 60.7 Å². The second-order valence-corrected chi connectivity index (χ2v) is 7.55. The van der Waals surface area contributed by atoms with Crippen molar-refractivity contribution < 1.29 is 19.0 Å². The molecule has 0 unspecified atom stereocenters. The Bertz CT molecular complexity index is 1080. The van der Waals surface area contributed by atoms with E-state index < -0.39 is 6.09 Å². The summed E-state index contributed by atoms with van der Waals surface area (Å²) in [6.45, 7) is 0.802. The van der Waals surface area contributed by atoms with Crippen LogP contribution in [0.2, 0.25) is 0 Å². The van der Waals surface area contributed by atoms with E-state index in [1.165, 1.54) is 22.3 Å². The third-order valence-corrected chi connectivity index (χ3v) is 5.66. The molecule has 1 aliphatic carbocycles. The molecule has 0 radical (unpaired) electrons. The summed E-state index contributed by atoms with van der Waals surface area (Å²) in [6.07, 6.45) is 4.21. The average molecular weight is 430 g/mol.